The normalized spacial score (nSPS) is 14.6. The maximum atomic E-state index is 13.1. The van der Waals surface area contributed by atoms with Crippen LogP contribution in [0.3, 0.4) is 0 Å². The van der Waals surface area contributed by atoms with Gasteiger partial charge < -0.3 is 5.32 Å². The summed E-state index contributed by atoms with van der Waals surface area (Å²) in [4.78, 5) is 4.24. The number of anilines is 1. The molecular weight excluding hydrogens is 258 g/mol. The Labute approximate surface area is 117 Å². The van der Waals surface area contributed by atoms with Gasteiger partial charge in [0.15, 0.2) is 0 Å². The van der Waals surface area contributed by atoms with Gasteiger partial charge >= 0.3 is 0 Å². The molecule has 1 aliphatic rings. The predicted molar refractivity (Wildman–Crippen MR) is 77.5 cm³/mol. The van der Waals surface area contributed by atoms with Gasteiger partial charge in [-0.3, -0.25) is 0 Å². The molecule has 106 valence electrons. The summed E-state index contributed by atoms with van der Waals surface area (Å²) in [5.41, 5.74) is 3.82. The van der Waals surface area contributed by atoms with E-state index >= 15 is 0 Å². The molecule has 1 heterocycles. The minimum absolute atomic E-state index is 0.132. The number of benzene rings is 1. The van der Waals surface area contributed by atoms with Crippen LogP contribution in [-0.2, 0) is 12.8 Å². The van der Waals surface area contributed by atoms with Gasteiger partial charge in [0.1, 0.15) is 5.69 Å². The Balaban J connectivity index is 2.27. The molecule has 0 aliphatic heterocycles. The average molecular weight is 276 g/mol. The zero-order valence-electron chi connectivity index (χ0n) is 11.5. The van der Waals surface area contributed by atoms with E-state index in [4.69, 9.17) is 0 Å². The fourth-order valence-electron chi connectivity index (χ4n) is 2.99. The minimum atomic E-state index is -2.53. The summed E-state index contributed by atoms with van der Waals surface area (Å²) in [5.74, 6) is 0. The van der Waals surface area contributed by atoms with Crippen LogP contribution >= 0.6 is 0 Å². The van der Waals surface area contributed by atoms with E-state index in [1.54, 1.807) is 0 Å². The Kier molecular flexibility index (Phi) is 3.55. The number of hydrogen-bond donors (Lipinski definition) is 1. The van der Waals surface area contributed by atoms with Crippen LogP contribution in [0.1, 0.15) is 43.0 Å². The van der Waals surface area contributed by atoms with E-state index in [1.807, 2.05) is 13.0 Å². The molecule has 2 aromatic rings. The minimum Gasteiger partial charge on any atom is -0.385 e. The van der Waals surface area contributed by atoms with E-state index < -0.39 is 6.43 Å². The van der Waals surface area contributed by atoms with Gasteiger partial charge in [-0.2, -0.15) is 0 Å². The molecule has 0 saturated heterocycles. The third-order valence-electron chi connectivity index (χ3n) is 3.92. The molecule has 2 nitrogen and oxygen atoms in total. The van der Waals surface area contributed by atoms with Crippen molar-refractivity contribution in [2.45, 2.75) is 39.0 Å². The number of rotatable bonds is 3. The largest absolute Gasteiger partial charge is 0.385 e. The van der Waals surface area contributed by atoms with Crippen molar-refractivity contribution in [1.82, 2.24) is 4.98 Å². The van der Waals surface area contributed by atoms with Crippen LogP contribution in [-0.4, -0.2) is 11.5 Å². The molecule has 0 saturated carbocycles. The number of hydrogen-bond acceptors (Lipinski definition) is 2. The highest BCUT2D eigenvalue weighted by Crippen LogP contribution is 2.33. The Bertz CT molecular complexity index is 638. The van der Waals surface area contributed by atoms with Crippen molar-refractivity contribution in [2.24, 2.45) is 0 Å². The highest BCUT2D eigenvalue weighted by Gasteiger charge is 2.18. The van der Waals surface area contributed by atoms with Crippen molar-refractivity contribution in [3.63, 3.8) is 0 Å². The van der Waals surface area contributed by atoms with Crippen LogP contribution < -0.4 is 5.32 Å². The molecule has 20 heavy (non-hydrogen) atoms. The first-order valence-corrected chi connectivity index (χ1v) is 7.18. The summed E-state index contributed by atoms with van der Waals surface area (Å²) in [6.07, 6.45) is 1.73. The number of pyridine rings is 1. The topological polar surface area (TPSA) is 24.9 Å². The number of fused-ring (bicyclic) bond motifs is 3. The van der Waals surface area contributed by atoms with Gasteiger partial charge in [-0.1, -0.05) is 12.1 Å². The van der Waals surface area contributed by atoms with Gasteiger partial charge in [-0.05, 0) is 49.8 Å². The van der Waals surface area contributed by atoms with E-state index in [2.05, 4.69) is 16.4 Å². The quantitative estimate of drug-likeness (QED) is 0.893. The molecule has 0 atom stereocenters. The van der Waals surface area contributed by atoms with Crippen molar-refractivity contribution in [3.05, 3.63) is 35.0 Å². The van der Waals surface area contributed by atoms with Gasteiger partial charge in [-0.15, -0.1) is 0 Å². The van der Waals surface area contributed by atoms with Crippen LogP contribution in [0, 0.1) is 0 Å². The molecule has 0 radical (unpaired) electrons. The average Bonchev–Trinajstić information content (AvgIpc) is 2.47. The Morgan fingerprint density at radius 3 is 2.80 bits per heavy atom. The monoisotopic (exact) mass is 276 g/mol. The maximum Gasteiger partial charge on any atom is 0.280 e. The molecule has 0 unspecified atom stereocenters. The highest BCUT2D eigenvalue weighted by atomic mass is 19.3. The third kappa shape index (κ3) is 2.23. The number of nitrogens with one attached hydrogen (secondary N) is 1. The smallest absolute Gasteiger partial charge is 0.280 e. The van der Waals surface area contributed by atoms with Crippen molar-refractivity contribution < 1.29 is 8.78 Å². The van der Waals surface area contributed by atoms with E-state index in [0.29, 0.717) is 6.54 Å². The number of aryl methyl sites for hydroxylation is 2. The van der Waals surface area contributed by atoms with Crippen molar-refractivity contribution in [2.75, 3.05) is 11.9 Å². The Hall–Kier alpha value is -1.71. The molecule has 1 aliphatic carbocycles. The summed E-state index contributed by atoms with van der Waals surface area (Å²) in [6.45, 7) is 2.67. The first kappa shape index (κ1) is 13.3. The summed E-state index contributed by atoms with van der Waals surface area (Å²) in [7, 11) is 0. The number of aromatic nitrogens is 1. The fourth-order valence-corrected chi connectivity index (χ4v) is 2.99. The second-order valence-corrected chi connectivity index (χ2v) is 5.23. The van der Waals surface area contributed by atoms with E-state index in [1.165, 1.54) is 18.1 Å². The lowest BCUT2D eigenvalue weighted by Crippen LogP contribution is -2.07. The molecule has 0 amide bonds. The van der Waals surface area contributed by atoms with Gasteiger partial charge in [0.2, 0.25) is 0 Å². The second kappa shape index (κ2) is 5.35. The zero-order chi connectivity index (χ0) is 14.1. The zero-order valence-corrected chi connectivity index (χ0v) is 11.5. The van der Waals surface area contributed by atoms with Gasteiger partial charge in [0, 0.05) is 17.6 Å². The van der Waals surface area contributed by atoms with E-state index in [-0.39, 0.29) is 5.69 Å². The summed E-state index contributed by atoms with van der Waals surface area (Å²) >= 11 is 0. The van der Waals surface area contributed by atoms with Crippen LogP contribution in [0.25, 0.3) is 10.9 Å². The Morgan fingerprint density at radius 2 is 2.05 bits per heavy atom. The SMILES string of the molecule is CCNc1cc(C(F)F)nc2c3c(ccc12)CCCC3. The number of alkyl halides is 2. The summed E-state index contributed by atoms with van der Waals surface area (Å²) in [6, 6.07) is 5.62. The standard InChI is InChI=1S/C16H18F2N2/c1-2-19-13-9-14(16(17)18)20-15-11-6-4-3-5-10(11)7-8-12(13)15/h7-9,16H,2-6H2,1H3,(H,19,20). The van der Waals surface area contributed by atoms with Gasteiger partial charge in [0.05, 0.1) is 5.52 Å². The summed E-state index contributed by atoms with van der Waals surface area (Å²) < 4.78 is 26.1. The molecule has 0 fully saturated rings. The first-order valence-electron chi connectivity index (χ1n) is 7.18. The van der Waals surface area contributed by atoms with Gasteiger partial charge in [-0.25, -0.2) is 13.8 Å². The first-order chi connectivity index (χ1) is 9.70. The second-order valence-electron chi connectivity index (χ2n) is 5.23. The molecule has 1 aromatic heterocycles. The van der Waals surface area contributed by atoms with E-state index in [9.17, 15) is 8.78 Å². The van der Waals surface area contributed by atoms with Crippen molar-refractivity contribution in [1.29, 1.82) is 0 Å². The number of halogens is 2. The molecule has 0 bridgehead atoms. The third-order valence-corrected chi connectivity index (χ3v) is 3.92. The lowest BCUT2D eigenvalue weighted by atomic mass is 9.89. The molecule has 3 rings (SSSR count). The van der Waals surface area contributed by atoms with Crippen LogP contribution in [0.2, 0.25) is 0 Å². The Morgan fingerprint density at radius 1 is 1.25 bits per heavy atom. The van der Waals surface area contributed by atoms with Crippen molar-refractivity contribution >= 4 is 16.6 Å². The van der Waals surface area contributed by atoms with Crippen molar-refractivity contribution in [3.8, 4) is 0 Å². The highest BCUT2D eigenvalue weighted by molar-refractivity contribution is 5.94. The molecule has 1 aromatic carbocycles. The number of nitrogens with zero attached hydrogens (tertiary/aromatic N) is 1. The molecule has 1 N–H and O–H groups in total. The predicted octanol–water partition coefficient (Wildman–Crippen LogP) is 4.48. The maximum absolute atomic E-state index is 13.1. The molecule has 0 spiro atoms. The lowest BCUT2D eigenvalue weighted by molar-refractivity contribution is 0.146. The van der Waals surface area contributed by atoms with E-state index in [0.717, 1.165) is 41.4 Å². The van der Waals surface area contributed by atoms with Gasteiger partial charge in [0.25, 0.3) is 6.43 Å². The lowest BCUT2D eigenvalue weighted by Gasteiger charge is -2.19. The van der Waals surface area contributed by atoms with Crippen LogP contribution in [0.15, 0.2) is 18.2 Å². The molecule has 4 heteroatoms. The van der Waals surface area contributed by atoms with Crippen LogP contribution in [0.4, 0.5) is 14.5 Å². The van der Waals surface area contributed by atoms with Crippen LogP contribution in [0.5, 0.6) is 0 Å². The molecular formula is C16H18F2N2. The summed E-state index contributed by atoms with van der Waals surface area (Å²) in [5, 5.41) is 4.13. The fraction of sp³-hybridized carbons (Fsp3) is 0.438.